The Morgan fingerprint density at radius 2 is 1.76 bits per heavy atom. The van der Waals surface area contributed by atoms with Gasteiger partial charge >= 0.3 is 6.18 Å². The van der Waals surface area contributed by atoms with Crippen molar-refractivity contribution in [1.82, 2.24) is 15.2 Å². The molecule has 41 heavy (non-hydrogen) atoms. The summed E-state index contributed by atoms with van der Waals surface area (Å²) in [6.45, 7) is 6.96. The van der Waals surface area contributed by atoms with Crippen LogP contribution in [0.5, 0.6) is 0 Å². The van der Waals surface area contributed by atoms with Gasteiger partial charge in [0, 0.05) is 69.2 Å². The van der Waals surface area contributed by atoms with E-state index in [9.17, 15) is 22.4 Å². The molecular formula is C29H31F5N6O. The molecule has 1 amide bonds. The third-order valence-electron chi connectivity index (χ3n) is 7.67. The van der Waals surface area contributed by atoms with E-state index in [0.717, 1.165) is 44.1 Å². The first kappa shape index (κ1) is 28.7. The van der Waals surface area contributed by atoms with Crippen molar-refractivity contribution in [2.75, 3.05) is 68.0 Å². The van der Waals surface area contributed by atoms with Crippen molar-refractivity contribution >= 4 is 23.1 Å². The molecule has 7 nitrogen and oxygen atoms in total. The maximum absolute atomic E-state index is 15.6. The van der Waals surface area contributed by atoms with Gasteiger partial charge in [-0.3, -0.25) is 4.79 Å². The standard InChI is InChI=1S/C29H31F5N6O/c1-18-17-40(12-11-38(18)2)26-15-24(31)22(19-3-6-27(36-16-19)39-9-7-35-8-10-39)14-25(26)37-28(41)21-5-4-20(30)13-23(21)29(32,33)34/h3-6,13-16,18,35H,7-12,17H2,1-2H3,(H,37,41)/t18-/m1/s1. The zero-order valence-corrected chi connectivity index (χ0v) is 22.7. The van der Waals surface area contributed by atoms with Crippen LogP contribution in [0, 0.1) is 11.6 Å². The molecule has 2 aliphatic heterocycles. The largest absolute Gasteiger partial charge is 0.417 e. The molecule has 0 saturated carbocycles. The number of amides is 1. The number of anilines is 3. The molecule has 3 heterocycles. The average molecular weight is 575 g/mol. The fourth-order valence-electron chi connectivity index (χ4n) is 5.18. The van der Waals surface area contributed by atoms with Gasteiger partial charge in [-0.05, 0) is 56.4 Å². The highest BCUT2D eigenvalue weighted by atomic mass is 19.4. The fraction of sp³-hybridized carbons (Fsp3) is 0.379. The normalized spacial score (nSPS) is 18.5. The second kappa shape index (κ2) is 11.6. The third-order valence-corrected chi connectivity index (χ3v) is 7.67. The molecule has 2 aromatic carbocycles. The molecule has 3 aromatic rings. The highest BCUT2D eigenvalue weighted by Gasteiger charge is 2.36. The Balaban J connectivity index is 1.52. The summed E-state index contributed by atoms with van der Waals surface area (Å²) in [5.41, 5.74) is -1.04. The number of pyridine rings is 1. The van der Waals surface area contributed by atoms with E-state index >= 15 is 4.39 Å². The van der Waals surface area contributed by atoms with Crippen LogP contribution in [0.15, 0.2) is 48.7 Å². The van der Waals surface area contributed by atoms with Crippen LogP contribution in [-0.4, -0.2) is 74.7 Å². The molecule has 2 aliphatic rings. The van der Waals surface area contributed by atoms with Gasteiger partial charge in [0.1, 0.15) is 17.5 Å². The van der Waals surface area contributed by atoms with Crippen LogP contribution in [0.2, 0.25) is 0 Å². The lowest BCUT2D eigenvalue weighted by Gasteiger charge is -2.39. The van der Waals surface area contributed by atoms with E-state index in [2.05, 4.69) is 25.4 Å². The number of hydrogen-bond acceptors (Lipinski definition) is 6. The quantitative estimate of drug-likeness (QED) is 0.425. The molecule has 5 rings (SSSR count). The van der Waals surface area contributed by atoms with Crippen molar-refractivity contribution in [2.45, 2.75) is 19.1 Å². The number of alkyl halides is 3. The predicted octanol–water partition coefficient (Wildman–Crippen LogP) is 4.85. The van der Waals surface area contributed by atoms with Gasteiger partial charge in [-0.15, -0.1) is 0 Å². The average Bonchev–Trinajstić information content (AvgIpc) is 2.95. The minimum absolute atomic E-state index is 0.116. The van der Waals surface area contributed by atoms with Crippen LogP contribution < -0.4 is 20.4 Å². The van der Waals surface area contributed by atoms with Crippen molar-refractivity contribution in [3.63, 3.8) is 0 Å². The Hall–Kier alpha value is -3.77. The minimum atomic E-state index is -4.95. The first-order valence-electron chi connectivity index (χ1n) is 13.4. The number of benzene rings is 2. The summed E-state index contributed by atoms with van der Waals surface area (Å²) in [4.78, 5) is 23.9. The maximum Gasteiger partial charge on any atom is 0.417 e. The summed E-state index contributed by atoms with van der Waals surface area (Å²) < 4.78 is 70.3. The van der Waals surface area contributed by atoms with E-state index in [1.54, 1.807) is 18.3 Å². The van der Waals surface area contributed by atoms with Crippen LogP contribution in [0.1, 0.15) is 22.8 Å². The highest BCUT2D eigenvalue weighted by Crippen LogP contribution is 2.37. The van der Waals surface area contributed by atoms with Crippen molar-refractivity contribution < 1.29 is 26.7 Å². The lowest BCUT2D eigenvalue weighted by Crippen LogP contribution is -2.50. The molecule has 0 unspecified atom stereocenters. The zero-order valence-electron chi connectivity index (χ0n) is 22.7. The van der Waals surface area contributed by atoms with Crippen molar-refractivity contribution in [3.05, 3.63) is 71.4 Å². The SMILES string of the molecule is C[C@@H]1CN(c2cc(F)c(-c3ccc(N4CCNCC4)nc3)cc2NC(=O)c2ccc(F)cc2C(F)(F)F)CCN1C. The van der Waals surface area contributed by atoms with Gasteiger partial charge in [0.2, 0.25) is 0 Å². The number of carbonyl (C=O) groups is 1. The van der Waals surface area contributed by atoms with Crippen LogP contribution in [0.3, 0.4) is 0 Å². The number of aromatic nitrogens is 1. The second-order valence-electron chi connectivity index (χ2n) is 10.4. The van der Waals surface area contributed by atoms with Gasteiger partial charge in [-0.1, -0.05) is 0 Å². The highest BCUT2D eigenvalue weighted by molar-refractivity contribution is 6.07. The molecule has 2 N–H and O–H groups in total. The summed E-state index contributed by atoms with van der Waals surface area (Å²) in [6, 6.07) is 8.25. The van der Waals surface area contributed by atoms with E-state index in [-0.39, 0.29) is 17.3 Å². The smallest absolute Gasteiger partial charge is 0.367 e. The Kier molecular flexibility index (Phi) is 8.14. The van der Waals surface area contributed by atoms with Gasteiger partial charge in [-0.25, -0.2) is 13.8 Å². The lowest BCUT2D eigenvalue weighted by atomic mass is 10.0. The predicted molar refractivity (Wildman–Crippen MR) is 148 cm³/mol. The molecule has 0 spiro atoms. The molecule has 218 valence electrons. The van der Waals surface area contributed by atoms with Crippen LogP contribution >= 0.6 is 0 Å². The number of hydrogen-bond donors (Lipinski definition) is 2. The number of halogens is 5. The Labute approximate surface area is 235 Å². The van der Waals surface area contributed by atoms with E-state index in [1.807, 2.05) is 18.9 Å². The van der Waals surface area contributed by atoms with Gasteiger partial charge in [0.05, 0.1) is 22.5 Å². The van der Waals surface area contributed by atoms with Crippen molar-refractivity contribution in [3.8, 4) is 11.1 Å². The molecule has 2 fully saturated rings. The lowest BCUT2D eigenvalue weighted by molar-refractivity contribution is -0.138. The number of likely N-dealkylation sites (N-methyl/N-ethyl adjacent to an activating group) is 1. The van der Waals surface area contributed by atoms with Gasteiger partial charge in [-0.2, -0.15) is 13.2 Å². The van der Waals surface area contributed by atoms with Gasteiger partial charge in [0.15, 0.2) is 0 Å². The summed E-state index contributed by atoms with van der Waals surface area (Å²) >= 11 is 0. The van der Waals surface area contributed by atoms with Gasteiger partial charge in [0.25, 0.3) is 5.91 Å². The topological polar surface area (TPSA) is 63.7 Å². The van der Waals surface area contributed by atoms with E-state index in [0.29, 0.717) is 37.0 Å². The summed E-state index contributed by atoms with van der Waals surface area (Å²) in [5, 5.41) is 5.84. The Bertz CT molecular complexity index is 1410. The summed E-state index contributed by atoms with van der Waals surface area (Å²) in [6.07, 6.45) is -3.41. The van der Waals surface area contributed by atoms with E-state index in [1.165, 1.54) is 12.1 Å². The molecule has 2 saturated heterocycles. The van der Waals surface area contributed by atoms with E-state index in [4.69, 9.17) is 0 Å². The first-order chi connectivity index (χ1) is 19.5. The fourth-order valence-corrected chi connectivity index (χ4v) is 5.18. The Morgan fingerprint density at radius 3 is 2.41 bits per heavy atom. The number of rotatable bonds is 5. The number of piperazine rings is 2. The zero-order chi connectivity index (χ0) is 29.3. The summed E-state index contributed by atoms with van der Waals surface area (Å²) in [7, 11) is 1.97. The first-order valence-corrected chi connectivity index (χ1v) is 13.4. The molecule has 12 heteroatoms. The molecule has 1 atom stereocenters. The second-order valence-corrected chi connectivity index (χ2v) is 10.4. The van der Waals surface area contributed by atoms with Crippen LogP contribution in [-0.2, 0) is 6.18 Å². The van der Waals surface area contributed by atoms with Crippen LogP contribution in [0.25, 0.3) is 11.1 Å². The maximum atomic E-state index is 15.6. The van der Waals surface area contributed by atoms with Gasteiger partial charge < -0.3 is 25.3 Å². The summed E-state index contributed by atoms with van der Waals surface area (Å²) in [5.74, 6) is -1.99. The van der Waals surface area contributed by atoms with Crippen molar-refractivity contribution in [2.24, 2.45) is 0 Å². The molecule has 0 aliphatic carbocycles. The number of nitrogens with one attached hydrogen (secondary N) is 2. The van der Waals surface area contributed by atoms with Crippen LogP contribution in [0.4, 0.5) is 39.1 Å². The minimum Gasteiger partial charge on any atom is -0.367 e. The molecule has 0 radical (unpaired) electrons. The molecule has 1 aromatic heterocycles. The molecule has 0 bridgehead atoms. The van der Waals surface area contributed by atoms with E-state index < -0.39 is 34.8 Å². The van der Waals surface area contributed by atoms with Crippen molar-refractivity contribution in [1.29, 1.82) is 0 Å². The third kappa shape index (κ3) is 6.28. The monoisotopic (exact) mass is 574 g/mol. The number of carbonyl (C=O) groups excluding carboxylic acids is 1. The number of nitrogens with zero attached hydrogens (tertiary/aromatic N) is 4. The Morgan fingerprint density at radius 1 is 1.00 bits per heavy atom. The molecular weight excluding hydrogens is 543 g/mol.